The van der Waals surface area contributed by atoms with Crippen molar-refractivity contribution >= 4 is 36.4 Å². The zero-order valence-corrected chi connectivity index (χ0v) is 26.4. The smallest absolute Gasteiger partial charge is 0.461 e. The highest BCUT2D eigenvalue weighted by Crippen LogP contribution is 2.29. The predicted octanol–water partition coefficient (Wildman–Crippen LogP) is 5.39. The van der Waals surface area contributed by atoms with Gasteiger partial charge in [0.2, 0.25) is 0 Å². The van der Waals surface area contributed by atoms with Crippen molar-refractivity contribution < 1.29 is 71.4 Å². The number of carbonyl (C=O) groups is 6. The van der Waals surface area contributed by atoms with Gasteiger partial charge in [-0.2, -0.15) is 0 Å². The molecule has 0 spiro atoms. The summed E-state index contributed by atoms with van der Waals surface area (Å²) in [6.07, 6.45) is -3.07. The van der Waals surface area contributed by atoms with Crippen molar-refractivity contribution in [3.8, 4) is 17.2 Å². The molecule has 0 aliphatic rings. The van der Waals surface area contributed by atoms with E-state index in [-0.39, 0.29) is 40.4 Å². The molecular weight excluding hydrogens is 636 g/mol. The van der Waals surface area contributed by atoms with Crippen LogP contribution in [-0.2, 0) is 28.4 Å². The van der Waals surface area contributed by atoms with Crippen molar-refractivity contribution in [2.45, 2.75) is 13.3 Å². The molecule has 0 unspecified atom stereocenters. The monoisotopic (exact) mass is 668 g/mol. The number of methoxy groups -OCH3 is 3. The second-order valence-corrected chi connectivity index (χ2v) is 9.74. The van der Waals surface area contributed by atoms with E-state index in [1.807, 2.05) is 0 Å². The molecule has 15 nitrogen and oxygen atoms in total. The van der Waals surface area contributed by atoms with Crippen molar-refractivity contribution in [1.29, 1.82) is 0 Å². The Hall–Kier alpha value is -6.12. The average Bonchev–Trinajstić information content (AvgIpc) is 3.11. The number of hydrogen-bond acceptors (Lipinski definition) is 15. The van der Waals surface area contributed by atoms with Gasteiger partial charge in [-0.05, 0) is 42.8 Å². The van der Waals surface area contributed by atoms with Crippen molar-refractivity contribution in [2.24, 2.45) is 5.41 Å². The molecule has 3 rings (SSSR count). The maximum absolute atomic E-state index is 13.2. The topological polar surface area (TPSA) is 185 Å². The standard InChI is InChI=1S/C33H32O15/c1-5-33(18-43-27(34)21-12-6-9-15-24(21)46-30(37)40-2,19-44-28(35)22-13-7-10-16-25(22)47-31(38)41-3)20-45-29(36)23-14-8-11-17-26(23)48-32(39)42-4/h6-17H,5,18-20H2,1-4H3. The number of benzene rings is 3. The van der Waals surface area contributed by atoms with E-state index < -0.39 is 61.6 Å². The van der Waals surface area contributed by atoms with E-state index in [2.05, 4.69) is 14.2 Å². The lowest BCUT2D eigenvalue weighted by molar-refractivity contribution is -0.0382. The van der Waals surface area contributed by atoms with E-state index in [0.717, 1.165) is 21.3 Å². The lowest BCUT2D eigenvalue weighted by Crippen LogP contribution is -2.39. The Bertz CT molecular complexity index is 1440. The minimum atomic E-state index is -1.35. The van der Waals surface area contributed by atoms with E-state index in [9.17, 15) is 28.8 Å². The van der Waals surface area contributed by atoms with Gasteiger partial charge in [0.1, 0.15) is 53.8 Å². The van der Waals surface area contributed by atoms with Crippen LogP contribution in [0.4, 0.5) is 14.4 Å². The Kier molecular flexibility index (Phi) is 13.3. The summed E-state index contributed by atoms with van der Waals surface area (Å²) >= 11 is 0. The van der Waals surface area contributed by atoms with Crippen LogP contribution in [-0.4, -0.2) is 77.5 Å². The maximum Gasteiger partial charge on any atom is 0.513 e. The number of para-hydroxylation sites is 3. The Morgan fingerprint density at radius 1 is 0.479 bits per heavy atom. The minimum Gasteiger partial charge on any atom is -0.461 e. The molecule has 48 heavy (non-hydrogen) atoms. The van der Waals surface area contributed by atoms with Gasteiger partial charge >= 0.3 is 36.4 Å². The van der Waals surface area contributed by atoms with Crippen LogP contribution < -0.4 is 14.2 Å². The molecule has 0 fully saturated rings. The summed E-state index contributed by atoms with van der Waals surface area (Å²) in [6, 6.07) is 17.2. The van der Waals surface area contributed by atoms with E-state index in [4.69, 9.17) is 28.4 Å². The highest BCUT2D eigenvalue weighted by Gasteiger charge is 2.36. The fraction of sp³-hybridized carbons (Fsp3) is 0.273. The van der Waals surface area contributed by atoms with Crippen LogP contribution >= 0.6 is 0 Å². The first-order valence-electron chi connectivity index (χ1n) is 14.1. The fourth-order valence-corrected chi connectivity index (χ4v) is 3.89. The molecule has 0 N–H and O–H groups in total. The lowest BCUT2D eigenvalue weighted by atomic mass is 9.88. The normalized spacial score (nSPS) is 10.5. The number of carbonyl (C=O) groups excluding carboxylic acids is 6. The SMILES string of the molecule is CCC(COC(=O)c1ccccc1OC(=O)OC)(COC(=O)c1ccccc1OC(=O)OC)COC(=O)c1ccccc1OC(=O)OC. The first-order chi connectivity index (χ1) is 23.1. The van der Waals surface area contributed by atoms with Crippen LogP contribution in [0, 0.1) is 5.41 Å². The largest absolute Gasteiger partial charge is 0.513 e. The highest BCUT2D eigenvalue weighted by molar-refractivity contribution is 5.94. The summed E-state index contributed by atoms with van der Waals surface area (Å²) in [6.45, 7) is 0.286. The first kappa shape index (κ1) is 36.3. The van der Waals surface area contributed by atoms with Crippen molar-refractivity contribution in [3.63, 3.8) is 0 Å². The van der Waals surface area contributed by atoms with E-state index in [0.29, 0.717) is 0 Å². The molecule has 0 heterocycles. The van der Waals surface area contributed by atoms with Crippen molar-refractivity contribution in [3.05, 3.63) is 89.5 Å². The van der Waals surface area contributed by atoms with Crippen molar-refractivity contribution in [1.82, 2.24) is 0 Å². The molecule has 0 aromatic heterocycles. The van der Waals surface area contributed by atoms with Crippen LogP contribution in [0.2, 0.25) is 0 Å². The van der Waals surface area contributed by atoms with Gasteiger partial charge in [-0.3, -0.25) is 0 Å². The van der Waals surface area contributed by atoms with Crippen LogP contribution in [0.1, 0.15) is 44.4 Å². The third-order valence-electron chi connectivity index (χ3n) is 6.68. The van der Waals surface area contributed by atoms with E-state index in [1.54, 1.807) is 6.92 Å². The summed E-state index contributed by atoms with van der Waals surface area (Å²) in [5.41, 5.74) is -1.71. The van der Waals surface area contributed by atoms with Crippen LogP contribution in [0.15, 0.2) is 72.8 Å². The van der Waals surface area contributed by atoms with Crippen LogP contribution in [0.5, 0.6) is 17.2 Å². The van der Waals surface area contributed by atoms with E-state index >= 15 is 0 Å². The average molecular weight is 669 g/mol. The molecule has 0 saturated carbocycles. The van der Waals surface area contributed by atoms with Crippen LogP contribution in [0.3, 0.4) is 0 Å². The molecule has 0 amide bonds. The number of rotatable bonds is 13. The summed E-state index contributed by atoms with van der Waals surface area (Å²) in [5.74, 6) is -3.17. The Morgan fingerprint density at radius 3 is 1.00 bits per heavy atom. The predicted molar refractivity (Wildman–Crippen MR) is 162 cm³/mol. The molecule has 0 radical (unpaired) electrons. The molecule has 0 saturated heterocycles. The summed E-state index contributed by atoms with van der Waals surface area (Å²) in [7, 11) is 3.30. The van der Waals surface area contributed by atoms with Crippen LogP contribution in [0.25, 0.3) is 0 Å². The van der Waals surface area contributed by atoms with Crippen molar-refractivity contribution in [2.75, 3.05) is 41.2 Å². The minimum absolute atomic E-state index is 0.121. The van der Waals surface area contributed by atoms with Gasteiger partial charge < -0.3 is 42.6 Å². The van der Waals surface area contributed by atoms with Gasteiger partial charge in [0.05, 0.1) is 26.7 Å². The van der Waals surface area contributed by atoms with Gasteiger partial charge in [0, 0.05) is 0 Å². The van der Waals surface area contributed by atoms with Gasteiger partial charge in [0.25, 0.3) is 0 Å². The molecule has 3 aromatic rings. The summed E-state index contributed by atoms with van der Waals surface area (Å²) in [4.78, 5) is 74.6. The van der Waals surface area contributed by atoms with Gasteiger partial charge in [-0.15, -0.1) is 0 Å². The molecular formula is C33H32O15. The molecule has 0 bridgehead atoms. The summed E-state index contributed by atoms with van der Waals surface area (Å²) < 4.78 is 45.3. The number of esters is 3. The molecule has 3 aromatic carbocycles. The number of ether oxygens (including phenoxy) is 9. The quantitative estimate of drug-likeness (QED) is 0.128. The second-order valence-electron chi connectivity index (χ2n) is 9.74. The third-order valence-corrected chi connectivity index (χ3v) is 6.68. The fourth-order valence-electron chi connectivity index (χ4n) is 3.89. The molecule has 15 heteroatoms. The summed E-state index contributed by atoms with van der Waals surface area (Å²) in [5, 5.41) is 0. The maximum atomic E-state index is 13.2. The first-order valence-corrected chi connectivity index (χ1v) is 14.1. The highest BCUT2D eigenvalue weighted by atomic mass is 16.7. The third kappa shape index (κ3) is 9.94. The Morgan fingerprint density at radius 2 is 0.750 bits per heavy atom. The molecule has 0 atom stereocenters. The number of hydrogen-bond donors (Lipinski definition) is 0. The zero-order valence-electron chi connectivity index (χ0n) is 26.4. The lowest BCUT2D eigenvalue weighted by Gasteiger charge is -2.31. The van der Waals surface area contributed by atoms with Gasteiger partial charge in [-0.1, -0.05) is 43.3 Å². The van der Waals surface area contributed by atoms with Gasteiger partial charge in [0.15, 0.2) is 0 Å². The molecule has 254 valence electrons. The Labute approximate surface area is 274 Å². The second kappa shape index (κ2) is 17.5. The molecule has 0 aliphatic heterocycles. The molecule has 0 aliphatic carbocycles. The van der Waals surface area contributed by atoms with Gasteiger partial charge in [-0.25, -0.2) is 28.8 Å². The van der Waals surface area contributed by atoms with E-state index in [1.165, 1.54) is 72.8 Å². The zero-order chi connectivity index (χ0) is 35.1. The Balaban J connectivity index is 1.87.